The molecule has 0 aromatic rings. The van der Waals surface area contributed by atoms with Gasteiger partial charge in [0.25, 0.3) is 0 Å². The molecule has 0 aliphatic carbocycles. The molecule has 0 bridgehead atoms. The van der Waals surface area contributed by atoms with Gasteiger partial charge in [0.15, 0.2) is 0 Å². The number of methoxy groups -OCH3 is 1. The molecular weight excluding hydrogens is 170 g/mol. The summed E-state index contributed by atoms with van der Waals surface area (Å²) in [6.45, 7) is 6.57. The van der Waals surface area contributed by atoms with Gasteiger partial charge in [-0.05, 0) is 26.3 Å². The first kappa shape index (κ1) is 10.4. The van der Waals surface area contributed by atoms with Crippen molar-refractivity contribution < 1.29 is 4.74 Å². The van der Waals surface area contributed by atoms with Crippen LogP contribution in [0.5, 0.6) is 0 Å². The van der Waals surface area contributed by atoms with E-state index in [1.54, 1.807) is 7.11 Å². The first-order chi connectivity index (χ1) is 5.66. The molecule has 1 rings (SSSR count). The highest BCUT2D eigenvalue weighted by atomic mass is 32.2. The molecule has 0 aromatic heterocycles. The van der Waals surface area contributed by atoms with Crippen LogP contribution in [-0.4, -0.2) is 30.4 Å². The molecule has 1 aliphatic heterocycles. The average Bonchev–Trinajstić information content (AvgIpc) is 2.01. The highest BCUT2D eigenvalue weighted by molar-refractivity contribution is 8.01. The second-order valence-corrected chi connectivity index (χ2v) is 5.56. The van der Waals surface area contributed by atoms with E-state index < -0.39 is 0 Å². The van der Waals surface area contributed by atoms with Crippen molar-refractivity contribution in [3.05, 3.63) is 0 Å². The van der Waals surface area contributed by atoms with Gasteiger partial charge in [-0.2, -0.15) is 0 Å². The second-order valence-electron chi connectivity index (χ2n) is 3.62. The lowest BCUT2D eigenvalue weighted by Gasteiger charge is -2.37. The predicted molar refractivity (Wildman–Crippen MR) is 54.6 cm³/mol. The van der Waals surface area contributed by atoms with Crippen molar-refractivity contribution in [1.29, 1.82) is 0 Å². The van der Waals surface area contributed by atoms with Gasteiger partial charge in [-0.3, -0.25) is 0 Å². The fourth-order valence-electron chi connectivity index (χ4n) is 1.53. The summed E-state index contributed by atoms with van der Waals surface area (Å²) < 4.78 is 5.09. The smallest absolute Gasteiger partial charge is 0.0641 e. The first-order valence-electron chi connectivity index (χ1n) is 4.58. The molecule has 0 aromatic carbocycles. The SMILES string of the molecule is COCCC1(C)NCCC(C)S1. The minimum Gasteiger partial charge on any atom is -0.385 e. The molecule has 2 nitrogen and oxygen atoms in total. The van der Waals surface area contributed by atoms with Gasteiger partial charge in [0, 0.05) is 19.0 Å². The molecule has 1 saturated heterocycles. The molecular formula is C9H19NOS. The van der Waals surface area contributed by atoms with Crippen molar-refractivity contribution in [3.8, 4) is 0 Å². The number of thioether (sulfide) groups is 1. The highest BCUT2D eigenvalue weighted by Crippen LogP contribution is 2.34. The third kappa shape index (κ3) is 2.96. The molecule has 0 saturated carbocycles. The Bertz CT molecular complexity index is 142. The van der Waals surface area contributed by atoms with Crippen LogP contribution in [0.3, 0.4) is 0 Å². The number of nitrogens with one attached hydrogen (secondary N) is 1. The Hall–Kier alpha value is 0.270. The van der Waals surface area contributed by atoms with E-state index in [9.17, 15) is 0 Å². The van der Waals surface area contributed by atoms with E-state index in [4.69, 9.17) is 4.74 Å². The van der Waals surface area contributed by atoms with Crippen molar-refractivity contribution in [3.63, 3.8) is 0 Å². The van der Waals surface area contributed by atoms with Gasteiger partial charge in [-0.25, -0.2) is 0 Å². The second kappa shape index (κ2) is 4.49. The summed E-state index contributed by atoms with van der Waals surface area (Å²) in [5.41, 5.74) is 0. The summed E-state index contributed by atoms with van der Waals surface area (Å²) in [7, 11) is 1.76. The third-order valence-corrected chi connectivity index (χ3v) is 3.80. The van der Waals surface area contributed by atoms with Gasteiger partial charge in [-0.1, -0.05) is 6.92 Å². The van der Waals surface area contributed by atoms with Crippen molar-refractivity contribution in [1.82, 2.24) is 5.32 Å². The molecule has 12 heavy (non-hydrogen) atoms. The van der Waals surface area contributed by atoms with Crippen molar-refractivity contribution in [2.75, 3.05) is 20.3 Å². The van der Waals surface area contributed by atoms with Crippen LogP contribution in [0.4, 0.5) is 0 Å². The molecule has 0 amide bonds. The third-order valence-electron chi connectivity index (χ3n) is 2.29. The van der Waals surface area contributed by atoms with E-state index in [2.05, 4.69) is 19.2 Å². The molecule has 3 heteroatoms. The Balaban J connectivity index is 2.35. The molecule has 2 atom stereocenters. The quantitative estimate of drug-likeness (QED) is 0.732. The zero-order valence-electron chi connectivity index (χ0n) is 8.22. The Morgan fingerprint density at radius 3 is 3.00 bits per heavy atom. The maximum absolute atomic E-state index is 5.09. The number of ether oxygens (including phenoxy) is 1. The summed E-state index contributed by atoms with van der Waals surface area (Å²) in [6.07, 6.45) is 2.38. The van der Waals surface area contributed by atoms with Gasteiger partial charge in [0.05, 0.1) is 4.87 Å². The lowest BCUT2D eigenvalue weighted by atomic mass is 10.2. The fourth-order valence-corrected chi connectivity index (χ4v) is 3.04. The molecule has 0 spiro atoms. The minimum atomic E-state index is 0.244. The van der Waals surface area contributed by atoms with Crippen LogP contribution in [0.15, 0.2) is 0 Å². The van der Waals surface area contributed by atoms with Gasteiger partial charge < -0.3 is 10.1 Å². The largest absolute Gasteiger partial charge is 0.385 e. The zero-order valence-corrected chi connectivity index (χ0v) is 9.04. The summed E-state index contributed by atoms with van der Waals surface area (Å²) in [6, 6.07) is 0. The van der Waals surface area contributed by atoms with E-state index in [1.165, 1.54) is 6.42 Å². The zero-order chi connectivity index (χ0) is 9.03. The number of hydrogen-bond donors (Lipinski definition) is 1. The summed E-state index contributed by atoms with van der Waals surface area (Å²) in [5.74, 6) is 0. The van der Waals surface area contributed by atoms with Crippen LogP contribution in [0.25, 0.3) is 0 Å². The Kier molecular flexibility index (Phi) is 3.87. The van der Waals surface area contributed by atoms with Crippen LogP contribution in [0.2, 0.25) is 0 Å². The van der Waals surface area contributed by atoms with Crippen molar-refractivity contribution in [2.45, 2.75) is 36.8 Å². The lowest BCUT2D eigenvalue weighted by Crippen LogP contribution is -2.46. The van der Waals surface area contributed by atoms with Crippen molar-refractivity contribution in [2.24, 2.45) is 0 Å². The molecule has 1 heterocycles. The van der Waals surface area contributed by atoms with E-state index in [0.717, 1.165) is 24.8 Å². The van der Waals surface area contributed by atoms with Gasteiger partial charge in [0.2, 0.25) is 0 Å². The lowest BCUT2D eigenvalue weighted by molar-refractivity contribution is 0.179. The maximum Gasteiger partial charge on any atom is 0.0641 e. The summed E-state index contributed by atoms with van der Waals surface area (Å²) >= 11 is 2.04. The molecule has 2 unspecified atom stereocenters. The van der Waals surface area contributed by atoms with Crippen LogP contribution in [0, 0.1) is 0 Å². The highest BCUT2D eigenvalue weighted by Gasteiger charge is 2.29. The molecule has 72 valence electrons. The van der Waals surface area contributed by atoms with Crippen LogP contribution >= 0.6 is 11.8 Å². The number of hydrogen-bond acceptors (Lipinski definition) is 3. The van der Waals surface area contributed by atoms with E-state index >= 15 is 0 Å². The fraction of sp³-hybridized carbons (Fsp3) is 1.00. The Labute approximate surface area is 79.4 Å². The van der Waals surface area contributed by atoms with Gasteiger partial charge >= 0.3 is 0 Å². The maximum atomic E-state index is 5.09. The van der Waals surface area contributed by atoms with Crippen LogP contribution in [-0.2, 0) is 4.74 Å². The standard InChI is InChI=1S/C9H19NOS/c1-8-4-6-10-9(2,12-8)5-7-11-3/h8,10H,4-7H2,1-3H3. The van der Waals surface area contributed by atoms with E-state index in [-0.39, 0.29) is 4.87 Å². The normalized spacial score (nSPS) is 36.8. The monoisotopic (exact) mass is 189 g/mol. The van der Waals surface area contributed by atoms with Crippen LogP contribution < -0.4 is 5.32 Å². The Morgan fingerprint density at radius 1 is 1.67 bits per heavy atom. The van der Waals surface area contributed by atoms with Gasteiger partial charge in [0.1, 0.15) is 0 Å². The predicted octanol–water partition coefficient (Wildman–Crippen LogP) is 1.85. The minimum absolute atomic E-state index is 0.244. The van der Waals surface area contributed by atoms with Gasteiger partial charge in [-0.15, -0.1) is 11.8 Å². The van der Waals surface area contributed by atoms with E-state index in [0.29, 0.717) is 0 Å². The van der Waals surface area contributed by atoms with E-state index in [1.807, 2.05) is 11.8 Å². The molecule has 1 fully saturated rings. The molecule has 1 aliphatic rings. The topological polar surface area (TPSA) is 21.3 Å². The number of rotatable bonds is 3. The average molecular weight is 189 g/mol. The Morgan fingerprint density at radius 2 is 2.42 bits per heavy atom. The molecule has 0 radical (unpaired) electrons. The van der Waals surface area contributed by atoms with Crippen molar-refractivity contribution >= 4 is 11.8 Å². The molecule has 1 N–H and O–H groups in total. The first-order valence-corrected chi connectivity index (χ1v) is 5.46. The van der Waals surface area contributed by atoms with Crippen LogP contribution in [0.1, 0.15) is 26.7 Å². The summed E-state index contributed by atoms with van der Waals surface area (Å²) in [5, 5.41) is 4.33. The summed E-state index contributed by atoms with van der Waals surface area (Å²) in [4.78, 5) is 0.244.